The van der Waals surface area contributed by atoms with Crippen LogP contribution in [0.2, 0.25) is 0 Å². The molecule has 4 heteroatoms. The zero-order chi connectivity index (χ0) is 13.0. The van der Waals surface area contributed by atoms with E-state index in [2.05, 4.69) is 10.3 Å². The van der Waals surface area contributed by atoms with Crippen molar-refractivity contribution in [1.82, 2.24) is 10.3 Å². The number of nitrogens with zero attached hydrogens (tertiary/aromatic N) is 1. The van der Waals surface area contributed by atoms with Crippen molar-refractivity contribution in [2.24, 2.45) is 0 Å². The Balaban J connectivity index is 2.15. The lowest BCUT2D eigenvalue weighted by molar-refractivity contribution is -0.120. The van der Waals surface area contributed by atoms with Crippen LogP contribution in [0.3, 0.4) is 0 Å². The molecule has 2 aromatic rings. The molecule has 0 radical (unpaired) electrons. The van der Waals surface area contributed by atoms with Crippen LogP contribution in [0.1, 0.15) is 12.5 Å². The van der Waals surface area contributed by atoms with Crippen molar-refractivity contribution in [3.05, 3.63) is 42.1 Å². The molecule has 0 aliphatic heterocycles. The minimum absolute atomic E-state index is 0.0204. The normalized spacial score (nSPS) is 12.3. The second kappa shape index (κ2) is 5.87. The van der Waals surface area contributed by atoms with Gasteiger partial charge < -0.3 is 5.32 Å². The number of benzene rings is 1. The van der Waals surface area contributed by atoms with E-state index >= 15 is 0 Å². The van der Waals surface area contributed by atoms with Gasteiger partial charge in [0, 0.05) is 18.1 Å². The number of amides is 1. The predicted octanol–water partition coefficient (Wildman–Crippen LogP) is 2.60. The first kappa shape index (κ1) is 12.9. The van der Waals surface area contributed by atoms with E-state index in [4.69, 9.17) is 0 Å². The monoisotopic (exact) mass is 260 g/mol. The van der Waals surface area contributed by atoms with Crippen LogP contribution in [0.4, 0.5) is 0 Å². The van der Waals surface area contributed by atoms with E-state index in [1.54, 1.807) is 18.0 Å². The van der Waals surface area contributed by atoms with Crippen molar-refractivity contribution in [3.8, 4) is 0 Å². The van der Waals surface area contributed by atoms with E-state index in [0.29, 0.717) is 6.54 Å². The molecule has 0 saturated heterocycles. The van der Waals surface area contributed by atoms with Crippen molar-refractivity contribution < 1.29 is 4.79 Å². The molecule has 18 heavy (non-hydrogen) atoms. The molecule has 0 spiro atoms. The molecule has 3 nitrogen and oxygen atoms in total. The van der Waals surface area contributed by atoms with Crippen molar-refractivity contribution >= 4 is 28.6 Å². The fraction of sp³-hybridized carbons (Fsp3) is 0.286. The summed E-state index contributed by atoms with van der Waals surface area (Å²) >= 11 is 1.54. The van der Waals surface area contributed by atoms with Gasteiger partial charge in [0.2, 0.25) is 5.91 Å². The maximum absolute atomic E-state index is 11.7. The Morgan fingerprint density at radius 3 is 2.94 bits per heavy atom. The highest BCUT2D eigenvalue weighted by Gasteiger charge is 2.11. The minimum atomic E-state index is -0.0204. The summed E-state index contributed by atoms with van der Waals surface area (Å²) in [5, 5.41) is 4.02. The third kappa shape index (κ3) is 2.82. The van der Waals surface area contributed by atoms with E-state index < -0.39 is 0 Å². The largest absolute Gasteiger partial charge is 0.351 e. The average molecular weight is 260 g/mol. The molecule has 1 atom stereocenters. The summed E-state index contributed by atoms with van der Waals surface area (Å²) in [5.74, 6) is 0.0652. The predicted molar refractivity (Wildman–Crippen MR) is 76.6 cm³/mol. The van der Waals surface area contributed by atoms with Crippen molar-refractivity contribution in [1.29, 1.82) is 0 Å². The number of rotatable bonds is 4. The third-order valence-electron chi connectivity index (χ3n) is 2.89. The summed E-state index contributed by atoms with van der Waals surface area (Å²) in [6.45, 7) is 2.43. The lowest BCUT2D eigenvalue weighted by Crippen LogP contribution is -2.30. The fourth-order valence-corrected chi connectivity index (χ4v) is 2.04. The van der Waals surface area contributed by atoms with Crippen LogP contribution in [0.15, 0.2) is 36.5 Å². The van der Waals surface area contributed by atoms with Crippen molar-refractivity contribution in [3.63, 3.8) is 0 Å². The SMILES string of the molecule is CS[C@H](C)C(=O)NCc1cccc2cccnc12. The number of pyridine rings is 1. The fourth-order valence-electron chi connectivity index (χ4n) is 1.74. The van der Waals surface area contributed by atoms with Crippen molar-refractivity contribution in [2.75, 3.05) is 6.26 Å². The lowest BCUT2D eigenvalue weighted by Gasteiger charge is -2.10. The molecule has 1 aromatic heterocycles. The first-order chi connectivity index (χ1) is 8.72. The van der Waals surface area contributed by atoms with E-state index in [1.165, 1.54) is 0 Å². The quantitative estimate of drug-likeness (QED) is 0.918. The first-order valence-corrected chi connectivity index (χ1v) is 7.14. The highest BCUT2D eigenvalue weighted by molar-refractivity contribution is 7.99. The Kier molecular flexibility index (Phi) is 4.20. The molecule has 1 N–H and O–H groups in total. The molecule has 94 valence electrons. The Morgan fingerprint density at radius 1 is 1.39 bits per heavy atom. The van der Waals surface area contributed by atoms with Crippen LogP contribution < -0.4 is 5.32 Å². The number of carbonyl (C=O) groups is 1. The second-order valence-electron chi connectivity index (χ2n) is 4.09. The van der Waals surface area contributed by atoms with Gasteiger partial charge in [-0.15, -0.1) is 0 Å². The number of nitrogens with one attached hydrogen (secondary N) is 1. The summed E-state index contributed by atoms with van der Waals surface area (Å²) in [6.07, 6.45) is 3.71. The van der Waals surface area contributed by atoms with Crippen LogP contribution in [0.5, 0.6) is 0 Å². The summed E-state index contributed by atoms with van der Waals surface area (Å²) in [7, 11) is 0. The summed E-state index contributed by atoms with van der Waals surface area (Å²) in [5.41, 5.74) is 2.01. The summed E-state index contributed by atoms with van der Waals surface area (Å²) in [6, 6.07) is 9.96. The van der Waals surface area contributed by atoms with Gasteiger partial charge in [0.15, 0.2) is 0 Å². The molecular weight excluding hydrogens is 244 g/mol. The molecule has 0 unspecified atom stereocenters. The lowest BCUT2D eigenvalue weighted by atomic mass is 10.1. The number of thioether (sulfide) groups is 1. The Morgan fingerprint density at radius 2 is 2.17 bits per heavy atom. The number of para-hydroxylation sites is 1. The molecule has 1 heterocycles. The molecule has 0 aliphatic carbocycles. The molecule has 0 saturated carbocycles. The zero-order valence-electron chi connectivity index (χ0n) is 10.5. The second-order valence-corrected chi connectivity index (χ2v) is 5.27. The molecular formula is C14H16N2OS. The van der Waals surface area contributed by atoms with Crippen LogP contribution in [-0.2, 0) is 11.3 Å². The van der Waals surface area contributed by atoms with E-state index in [0.717, 1.165) is 16.5 Å². The molecule has 1 aromatic carbocycles. The van der Waals surface area contributed by atoms with Crippen LogP contribution in [0.25, 0.3) is 10.9 Å². The maximum Gasteiger partial charge on any atom is 0.233 e. The maximum atomic E-state index is 11.7. The van der Waals surface area contributed by atoms with Crippen molar-refractivity contribution in [2.45, 2.75) is 18.7 Å². The highest BCUT2D eigenvalue weighted by Crippen LogP contribution is 2.15. The molecule has 0 bridgehead atoms. The molecule has 2 rings (SSSR count). The third-order valence-corrected chi connectivity index (χ3v) is 3.81. The van der Waals surface area contributed by atoms with Gasteiger partial charge in [-0.3, -0.25) is 9.78 Å². The van der Waals surface area contributed by atoms with Crippen LogP contribution in [0, 0.1) is 0 Å². The standard InChI is InChI=1S/C14H16N2OS/c1-10(18-2)14(17)16-9-12-6-3-5-11-7-4-8-15-13(11)12/h3-8,10H,9H2,1-2H3,(H,16,17)/t10-/m1/s1. The number of carbonyl (C=O) groups excluding carboxylic acids is 1. The van der Waals surface area contributed by atoms with Gasteiger partial charge in [0.05, 0.1) is 10.8 Å². The van der Waals surface area contributed by atoms with Gasteiger partial charge in [-0.1, -0.05) is 24.3 Å². The first-order valence-electron chi connectivity index (χ1n) is 5.85. The molecule has 1 amide bonds. The summed E-state index contributed by atoms with van der Waals surface area (Å²) in [4.78, 5) is 16.1. The van der Waals surface area contributed by atoms with Crippen LogP contribution >= 0.6 is 11.8 Å². The van der Waals surface area contributed by atoms with Crippen LogP contribution in [-0.4, -0.2) is 22.4 Å². The Labute approximate surface area is 111 Å². The number of hydrogen-bond acceptors (Lipinski definition) is 3. The van der Waals surface area contributed by atoms with E-state index in [9.17, 15) is 4.79 Å². The van der Waals surface area contributed by atoms with Gasteiger partial charge in [-0.2, -0.15) is 11.8 Å². The number of hydrogen-bond donors (Lipinski definition) is 1. The highest BCUT2D eigenvalue weighted by atomic mass is 32.2. The Hall–Kier alpha value is -1.55. The Bertz CT molecular complexity index is 551. The molecule has 0 fully saturated rings. The minimum Gasteiger partial charge on any atom is -0.351 e. The summed E-state index contributed by atoms with van der Waals surface area (Å²) < 4.78 is 0. The topological polar surface area (TPSA) is 42.0 Å². The average Bonchev–Trinajstić information content (AvgIpc) is 2.43. The van der Waals surface area contributed by atoms with E-state index in [1.807, 2.05) is 43.5 Å². The van der Waals surface area contributed by atoms with Gasteiger partial charge in [0.25, 0.3) is 0 Å². The molecule has 0 aliphatic rings. The van der Waals surface area contributed by atoms with E-state index in [-0.39, 0.29) is 11.2 Å². The van der Waals surface area contributed by atoms with Gasteiger partial charge in [-0.25, -0.2) is 0 Å². The van der Waals surface area contributed by atoms with Gasteiger partial charge in [-0.05, 0) is 24.8 Å². The smallest absolute Gasteiger partial charge is 0.233 e. The van der Waals surface area contributed by atoms with Gasteiger partial charge in [0.1, 0.15) is 0 Å². The number of fused-ring (bicyclic) bond motifs is 1. The zero-order valence-corrected chi connectivity index (χ0v) is 11.3. The van der Waals surface area contributed by atoms with Gasteiger partial charge >= 0.3 is 0 Å². The number of aromatic nitrogens is 1.